The molecule has 1 saturated carbocycles. The topological polar surface area (TPSA) is 45.8 Å². The molecular formula is C14H13IN2O. The Hall–Kier alpha value is -1.17. The van der Waals surface area contributed by atoms with Crippen molar-refractivity contribution in [1.29, 1.82) is 0 Å². The molecule has 1 fully saturated rings. The Morgan fingerprint density at radius 1 is 1.28 bits per heavy atom. The van der Waals surface area contributed by atoms with Gasteiger partial charge in [0.25, 0.3) is 5.56 Å². The lowest BCUT2D eigenvalue weighted by molar-refractivity contribution is 0.736. The number of nitrogens with zero attached hydrogens (tertiary/aromatic N) is 1. The van der Waals surface area contributed by atoms with Crippen LogP contribution in [0.25, 0.3) is 0 Å². The van der Waals surface area contributed by atoms with Crippen molar-refractivity contribution in [2.75, 3.05) is 0 Å². The molecule has 1 heterocycles. The van der Waals surface area contributed by atoms with Gasteiger partial charge < -0.3 is 4.98 Å². The number of H-pyrrole nitrogens is 1. The highest BCUT2D eigenvalue weighted by atomic mass is 127. The highest BCUT2D eigenvalue weighted by Crippen LogP contribution is 2.51. The Kier molecular flexibility index (Phi) is 2.77. The van der Waals surface area contributed by atoms with Crippen molar-refractivity contribution in [3.63, 3.8) is 0 Å². The molecule has 1 N–H and O–H groups in total. The lowest BCUT2D eigenvalue weighted by atomic mass is 9.95. The van der Waals surface area contributed by atoms with Gasteiger partial charge in [-0.1, -0.05) is 30.3 Å². The van der Waals surface area contributed by atoms with Gasteiger partial charge in [0.05, 0.1) is 14.7 Å². The van der Waals surface area contributed by atoms with Crippen LogP contribution in [0.4, 0.5) is 0 Å². The molecular weight excluding hydrogens is 339 g/mol. The van der Waals surface area contributed by atoms with E-state index in [2.05, 4.69) is 22.1 Å². The Labute approximate surface area is 119 Å². The van der Waals surface area contributed by atoms with Gasteiger partial charge in [-0.05, 0) is 47.9 Å². The van der Waals surface area contributed by atoms with Crippen molar-refractivity contribution < 1.29 is 0 Å². The first kappa shape index (κ1) is 11.9. The fourth-order valence-corrected chi connectivity index (χ4v) is 2.60. The number of hydrogen-bond acceptors (Lipinski definition) is 2. The first-order valence-electron chi connectivity index (χ1n) is 5.96. The van der Waals surface area contributed by atoms with Crippen molar-refractivity contribution in [1.82, 2.24) is 9.97 Å². The number of aryl methyl sites for hydroxylation is 1. The highest BCUT2D eigenvalue weighted by molar-refractivity contribution is 14.1. The Bertz CT molecular complexity index is 645. The van der Waals surface area contributed by atoms with Gasteiger partial charge in [0.15, 0.2) is 0 Å². The molecule has 0 aliphatic heterocycles. The first-order chi connectivity index (χ1) is 8.63. The van der Waals surface area contributed by atoms with Gasteiger partial charge >= 0.3 is 0 Å². The average molecular weight is 352 g/mol. The predicted octanol–water partition coefficient (Wildman–Crippen LogP) is 2.76. The summed E-state index contributed by atoms with van der Waals surface area (Å²) < 4.78 is 0.681. The van der Waals surface area contributed by atoms with E-state index in [1.165, 1.54) is 5.56 Å². The lowest BCUT2D eigenvalue weighted by Gasteiger charge is -2.15. The summed E-state index contributed by atoms with van der Waals surface area (Å²) in [6.07, 6.45) is 2.11. The van der Waals surface area contributed by atoms with Gasteiger partial charge in [0.1, 0.15) is 5.82 Å². The first-order valence-corrected chi connectivity index (χ1v) is 7.04. The summed E-state index contributed by atoms with van der Waals surface area (Å²) in [6, 6.07) is 10.3. The van der Waals surface area contributed by atoms with Crippen LogP contribution in [-0.4, -0.2) is 9.97 Å². The second kappa shape index (κ2) is 4.19. The van der Waals surface area contributed by atoms with E-state index in [1.807, 2.05) is 47.7 Å². The molecule has 3 rings (SSSR count). The molecule has 18 heavy (non-hydrogen) atoms. The van der Waals surface area contributed by atoms with Crippen LogP contribution in [0.2, 0.25) is 0 Å². The fraction of sp³-hybridized carbons (Fsp3) is 0.286. The number of aromatic nitrogens is 2. The molecule has 3 nitrogen and oxygen atoms in total. The molecule has 1 aliphatic rings. The van der Waals surface area contributed by atoms with E-state index in [1.54, 1.807) is 0 Å². The number of hydrogen-bond donors (Lipinski definition) is 1. The molecule has 1 aromatic carbocycles. The van der Waals surface area contributed by atoms with E-state index in [0.717, 1.165) is 24.4 Å². The average Bonchev–Trinajstić information content (AvgIpc) is 3.18. The summed E-state index contributed by atoms with van der Waals surface area (Å²) in [6.45, 7) is 1.89. The van der Waals surface area contributed by atoms with E-state index in [9.17, 15) is 4.79 Å². The monoisotopic (exact) mass is 352 g/mol. The van der Waals surface area contributed by atoms with Crippen LogP contribution in [0, 0.1) is 10.5 Å². The van der Waals surface area contributed by atoms with E-state index in [4.69, 9.17) is 0 Å². The van der Waals surface area contributed by atoms with Crippen LogP contribution in [0.5, 0.6) is 0 Å². The molecule has 0 amide bonds. The van der Waals surface area contributed by atoms with Crippen molar-refractivity contribution in [2.45, 2.75) is 25.2 Å². The van der Waals surface area contributed by atoms with E-state index in [0.29, 0.717) is 3.57 Å². The maximum absolute atomic E-state index is 11.9. The maximum Gasteiger partial charge on any atom is 0.264 e. The summed E-state index contributed by atoms with van der Waals surface area (Å²) in [7, 11) is 0. The number of nitrogens with one attached hydrogen (secondary N) is 1. The molecule has 92 valence electrons. The summed E-state index contributed by atoms with van der Waals surface area (Å²) in [5, 5.41) is 0. The van der Waals surface area contributed by atoms with E-state index >= 15 is 0 Å². The Balaban J connectivity index is 2.14. The zero-order valence-corrected chi connectivity index (χ0v) is 12.2. The largest absolute Gasteiger partial charge is 0.309 e. The summed E-state index contributed by atoms with van der Waals surface area (Å²) >= 11 is 2.04. The quantitative estimate of drug-likeness (QED) is 0.845. The minimum Gasteiger partial charge on any atom is -0.309 e. The van der Waals surface area contributed by atoms with E-state index < -0.39 is 0 Å². The van der Waals surface area contributed by atoms with Crippen molar-refractivity contribution in [2.24, 2.45) is 0 Å². The van der Waals surface area contributed by atoms with Gasteiger partial charge in [-0.2, -0.15) is 0 Å². The van der Waals surface area contributed by atoms with Gasteiger partial charge in [-0.25, -0.2) is 4.98 Å². The molecule has 0 saturated heterocycles. The molecule has 2 aromatic rings. The second-order valence-corrected chi connectivity index (χ2v) is 5.84. The van der Waals surface area contributed by atoms with Crippen LogP contribution in [0.3, 0.4) is 0 Å². The Morgan fingerprint density at radius 2 is 1.94 bits per heavy atom. The third-order valence-electron chi connectivity index (χ3n) is 3.56. The van der Waals surface area contributed by atoms with Gasteiger partial charge in [-0.15, -0.1) is 0 Å². The predicted molar refractivity (Wildman–Crippen MR) is 78.8 cm³/mol. The maximum atomic E-state index is 11.9. The third kappa shape index (κ3) is 1.79. The zero-order valence-electron chi connectivity index (χ0n) is 10.0. The van der Waals surface area contributed by atoms with E-state index in [-0.39, 0.29) is 11.0 Å². The standard InChI is InChI=1S/C14H13IN2O/c1-9-11(15)12(18)17-13(16-9)14(7-8-14)10-5-3-2-4-6-10/h2-6H,7-8H2,1H3,(H,16,17,18). The number of aromatic amines is 1. The molecule has 4 heteroatoms. The molecule has 0 spiro atoms. The number of rotatable bonds is 2. The lowest BCUT2D eigenvalue weighted by Crippen LogP contribution is -2.22. The van der Waals surface area contributed by atoms with Crippen LogP contribution in [0.1, 0.15) is 29.9 Å². The van der Waals surface area contributed by atoms with Crippen LogP contribution in [0.15, 0.2) is 35.1 Å². The van der Waals surface area contributed by atoms with Crippen LogP contribution in [-0.2, 0) is 5.41 Å². The van der Waals surface area contributed by atoms with Crippen LogP contribution >= 0.6 is 22.6 Å². The second-order valence-electron chi connectivity index (χ2n) is 4.76. The normalized spacial score (nSPS) is 16.6. The molecule has 1 aromatic heterocycles. The summed E-state index contributed by atoms with van der Waals surface area (Å²) in [5.41, 5.74) is 1.97. The molecule has 1 aliphatic carbocycles. The van der Waals surface area contributed by atoms with Gasteiger partial charge in [-0.3, -0.25) is 4.79 Å². The molecule has 0 radical (unpaired) electrons. The van der Waals surface area contributed by atoms with Gasteiger partial charge in [0, 0.05) is 0 Å². The van der Waals surface area contributed by atoms with Gasteiger partial charge in [0.2, 0.25) is 0 Å². The third-order valence-corrected chi connectivity index (χ3v) is 4.83. The molecule has 0 bridgehead atoms. The van der Waals surface area contributed by atoms with Crippen molar-refractivity contribution in [3.05, 3.63) is 61.3 Å². The van der Waals surface area contributed by atoms with Crippen molar-refractivity contribution >= 4 is 22.6 Å². The molecule has 0 unspecified atom stereocenters. The summed E-state index contributed by atoms with van der Waals surface area (Å²) in [5.74, 6) is 0.816. The fourth-order valence-electron chi connectivity index (χ4n) is 2.34. The van der Waals surface area contributed by atoms with Crippen LogP contribution < -0.4 is 5.56 Å². The molecule has 0 atom stereocenters. The highest BCUT2D eigenvalue weighted by Gasteiger charge is 2.48. The Morgan fingerprint density at radius 3 is 2.50 bits per heavy atom. The summed E-state index contributed by atoms with van der Waals surface area (Å²) in [4.78, 5) is 19.4. The zero-order chi connectivity index (χ0) is 12.8. The smallest absolute Gasteiger partial charge is 0.264 e. The minimum absolute atomic E-state index is 0.0275. The van der Waals surface area contributed by atoms with Crippen molar-refractivity contribution in [3.8, 4) is 0 Å². The number of benzene rings is 1. The number of halogens is 1. The SMILES string of the molecule is Cc1nc(C2(c3ccccc3)CC2)[nH]c(=O)c1I. The minimum atomic E-state index is -0.0600.